The van der Waals surface area contributed by atoms with Crippen molar-refractivity contribution in [3.05, 3.63) is 84.6 Å². The zero-order chi connectivity index (χ0) is 32.4. The minimum atomic E-state index is -0.572. The maximum absolute atomic E-state index is 14.4. The van der Waals surface area contributed by atoms with Gasteiger partial charge < -0.3 is 29.4 Å². The number of carbonyl (C=O) groups excluding carboxylic acids is 1. The van der Waals surface area contributed by atoms with E-state index in [0.717, 1.165) is 34.9 Å². The number of ether oxygens (including phenoxy) is 3. The number of likely N-dealkylation sites (tertiary alicyclic amines) is 1. The number of anilines is 1. The number of nitrogens with zero attached hydrogens (tertiary/aromatic N) is 6. The molecule has 0 bridgehead atoms. The number of hydrogen-bond donors (Lipinski definition) is 1. The first-order chi connectivity index (χ1) is 22.0. The van der Waals surface area contributed by atoms with Gasteiger partial charge in [-0.1, -0.05) is 12.1 Å². The summed E-state index contributed by atoms with van der Waals surface area (Å²) in [4.78, 5) is 31.7. The molecule has 1 fully saturated rings. The molecule has 5 aromatic rings. The predicted octanol–water partition coefficient (Wildman–Crippen LogP) is 6.86. The van der Waals surface area contributed by atoms with Gasteiger partial charge in [-0.25, -0.2) is 29.1 Å². The highest BCUT2D eigenvalue weighted by atomic mass is 19.1. The van der Waals surface area contributed by atoms with E-state index in [1.807, 2.05) is 39.1 Å². The third-order valence-corrected chi connectivity index (χ3v) is 7.57. The van der Waals surface area contributed by atoms with Crippen molar-refractivity contribution in [2.24, 2.45) is 0 Å². The molecule has 3 aromatic heterocycles. The third kappa shape index (κ3) is 7.01. The van der Waals surface area contributed by atoms with Gasteiger partial charge in [-0.3, -0.25) is 0 Å². The first-order valence-electron chi connectivity index (χ1n) is 15.1. The van der Waals surface area contributed by atoms with Gasteiger partial charge in [0.1, 0.15) is 58.9 Å². The molecule has 2 aromatic carbocycles. The lowest BCUT2D eigenvalue weighted by Crippen LogP contribution is -2.43. The summed E-state index contributed by atoms with van der Waals surface area (Å²) in [5, 5.41) is 0.733. The molecule has 0 aliphatic carbocycles. The van der Waals surface area contributed by atoms with Crippen LogP contribution in [0.15, 0.2) is 67.4 Å². The highest BCUT2D eigenvalue weighted by Gasteiger charge is 2.30. The van der Waals surface area contributed by atoms with Crippen LogP contribution in [-0.2, 0) is 11.3 Å². The first-order valence-corrected chi connectivity index (χ1v) is 15.1. The fourth-order valence-electron chi connectivity index (χ4n) is 5.46. The van der Waals surface area contributed by atoms with Gasteiger partial charge in [-0.15, -0.1) is 0 Å². The van der Waals surface area contributed by atoms with Crippen molar-refractivity contribution in [3.8, 4) is 28.4 Å². The van der Waals surface area contributed by atoms with Crippen LogP contribution in [0.2, 0.25) is 0 Å². The van der Waals surface area contributed by atoms with Crippen molar-refractivity contribution >= 4 is 22.9 Å². The summed E-state index contributed by atoms with van der Waals surface area (Å²) in [5.74, 6) is 1.67. The van der Waals surface area contributed by atoms with Gasteiger partial charge in [-0.05, 0) is 58.2 Å². The van der Waals surface area contributed by atoms with Crippen LogP contribution in [0.3, 0.4) is 0 Å². The van der Waals surface area contributed by atoms with Crippen LogP contribution >= 0.6 is 0 Å². The van der Waals surface area contributed by atoms with Crippen molar-refractivity contribution in [1.29, 1.82) is 0 Å². The monoisotopic (exact) mass is 625 g/mol. The number of nitrogen functional groups attached to an aromatic ring is 1. The summed E-state index contributed by atoms with van der Waals surface area (Å²) < 4.78 is 33.9. The van der Waals surface area contributed by atoms with E-state index in [-0.39, 0.29) is 18.7 Å². The molecular weight excluding hydrogens is 589 g/mol. The van der Waals surface area contributed by atoms with Crippen LogP contribution in [0, 0.1) is 12.7 Å². The van der Waals surface area contributed by atoms with Crippen molar-refractivity contribution in [2.45, 2.75) is 58.8 Å². The molecule has 4 heterocycles. The number of hydrogen-bond acceptors (Lipinski definition) is 9. The summed E-state index contributed by atoms with van der Waals surface area (Å²) in [5.41, 5.74) is 9.01. The number of carbonyl (C=O) groups is 1. The molecule has 238 valence electrons. The molecule has 2 N–H and O–H groups in total. The molecular formula is C34H36FN7O4. The minimum absolute atomic E-state index is 0.0163. The number of benzene rings is 2. The third-order valence-electron chi connectivity index (χ3n) is 7.57. The van der Waals surface area contributed by atoms with Crippen molar-refractivity contribution in [3.63, 3.8) is 0 Å². The summed E-state index contributed by atoms with van der Waals surface area (Å²) in [6.45, 7) is 8.71. The molecule has 1 atom stereocenters. The molecule has 0 saturated carbocycles. The molecule has 1 aliphatic rings. The topological polar surface area (TPSA) is 131 Å². The quantitative estimate of drug-likeness (QED) is 0.206. The van der Waals surface area contributed by atoms with E-state index in [9.17, 15) is 9.18 Å². The van der Waals surface area contributed by atoms with Gasteiger partial charge >= 0.3 is 6.09 Å². The minimum Gasteiger partial charge on any atom is -0.489 e. The Labute approximate surface area is 266 Å². The Hall–Kier alpha value is -5.26. The maximum Gasteiger partial charge on any atom is 0.410 e. The average Bonchev–Trinajstić information content (AvgIpc) is 3.41. The second-order valence-electron chi connectivity index (χ2n) is 12.3. The number of piperidine rings is 1. The van der Waals surface area contributed by atoms with Crippen LogP contribution in [0.5, 0.6) is 17.2 Å². The number of amides is 1. The standard InChI is InChI=1S/C34H36FN7O4/c1-21-37-15-22(16-38-21)19-44-27-12-24(35)13-28(14-27)45-26-9-7-23(8-10-26)29-18-42(32-30(29)31(36)39-20-40-32)25-6-5-11-41(17-25)33(43)46-34(2,3)4/h7-10,12-16,18,20,25H,5-6,11,17,19H2,1-4H3,(H2,36,39,40)/t25-/m1/s1. The van der Waals surface area contributed by atoms with E-state index < -0.39 is 11.4 Å². The molecule has 46 heavy (non-hydrogen) atoms. The molecule has 0 unspecified atom stereocenters. The molecule has 6 rings (SSSR count). The van der Waals surface area contributed by atoms with Gasteiger partial charge in [0.2, 0.25) is 0 Å². The summed E-state index contributed by atoms with van der Waals surface area (Å²) in [6.07, 6.45) is 8.20. The fraction of sp³-hybridized carbons (Fsp3) is 0.324. The van der Waals surface area contributed by atoms with Crippen LogP contribution in [0.1, 0.15) is 51.0 Å². The number of aryl methyl sites for hydroxylation is 1. The molecule has 12 heteroatoms. The number of aromatic nitrogens is 5. The Morgan fingerprint density at radius 2 is 1.76 bits per heavy atom. The van der Waals surface area contributed by atoms with Crippen molar-refractivity contribution < 1.29 is 23.4 Å². The van der Waals surface area contributed by atoms with Crippen molar-refractivity contribution in [1.82, 2.24) is 29.4 Å². The van der Waals surface area contributed by atoms with Gasteiger partial charge in [0.15, 0.2) is 0 Å². The highest BCUT2D eigenvalue weighted by molar-refractivity contribution is 6.00. The van der Waals surface area contributed by atoms with Crippen LogP contribution in [0.4, 0.5) is 15.0 Å². The molecule has 11 nitrogen and oxygen atoms in total. The SMILES string of the molecule is Cc1ncc(COc2cc(F)cc(Oc3ccc(-c4cn([C@@H]5CCCN(C(=O)OC(C)(C)C)C5)c5ncnc(N)c45)cc3)c2)cn1. The number of nitrogens with two attached hydrogens (primary N) is 1. The summed E-state index contributed by atoms with van der Waals surface area (Å²) in [7, 11) is 0. The Balaban J connectivity index is 1.21. The lowest BCUT2D eigenvalue weighted by Gasteiger charge is -2.34. The fourth-order valence-corrected chi connectivity index (χ4v) is 5.46. The first kappa shape index (κ1) is 30.8. The summed E-state index contributed by atoms with van der Waals surface area (Å²) >= 11 is 0. The van der Waals surface area contributed by atoms with Gasteiger partial charge in [0.25, 0.3) is 0 Å². The zero-order valence-corrected chi connectivity index (χ0v) is 26.2. The van der Waals surface area contributed by atoms with Crippen LogP contribution in [0.25, 0.3) is 22.2 Å². The Bertz CT molecular complexity index is 1850. The summed E-state index contributed by atoms with van der Waals surface area (Å²) in [6, 6.07) is 11.6. The number of fused-ring (bicyclic) bond motifs is 1. The normalized spacial score (nSPS) is 15.2. The van der Waals surface area contributed by atoms with E-state index in [0.29, 0.717) is 47.6 Å². The predicted molar refractivity (Wildman–Crippen MR) is 171 cm³/mol. The van der Waals surface area contributed by atoms with E-state index in [4.69, 9.17) is 19.9 Å². The average molecular weight is 626 g/mol. The van der Waals surface area contributed by atoms with Crippen LogP contribution in [-0.4, -0.2) is 54.2 Å². The van der Waals surface area contributed by atoms with Crippen molar-refractivity contribution in [2.75, 3.05) is 18.8 Å². The Kier molecular flexibility index (Phi) is 8.44. The second kappa shape index (κ2) is 12.6. The van der Waals surface area contributed by atoms with E-state index >= 15 is 0 Å². The Morgan fingerprint density at radius 3 is 2.50 bits per heavy atom. The number of rotatable bonds is 7. The highest BCUT2D eigenvalue weighted by Crippen LogP contribution is 2.37. The smallest absolute Gasteiger partial charge is 0.410 e. The van der Waals surface area contributed by atoms with Gasteiger partial charge in [-0.2, -0.15) is 0 Å². The lowest BCUT2D eigenvalue weighted by atomic mass is 10.1. The molecule has 1 amide bonds. The number of halogens is 1. The lowest BCUT2D eigenvalue weighted by molar-refractivity contribution is 0.0174. The largest absolute Gasteiger partial charge is 0.489 e. The molecule has 0 radical (unpaired) electrons. The van der Waals surface area contributed by atoms with E-state index in [2.05, 4.69) is 24.5 Å². The molecule has 0 spiro atoms. The van der Waals surface area contributed by atoms with E-state index in [1.54, 1.807) is 42.4 Å². The molecule has 1 saturated heterocycles. The van der Waals surface area contributed by atoms with Crippen LogP contribution < -0.4 is 15.2 Å². The maximum atomic E-state index is 14.4. The second-order valence-corrected chi connectivity index (χ2v) is 12.3. The Morgan fingerprint density at radius 1 is 1.02 bits per heavy atom. The van der Waals surface area contributed by atoms with Gasteiger partial charge in [0.05, 0.1) is 11.4 Å². The molecule has 1 aliphatic heterocycles. The van der Waals surface area contributed by atoms with Gasteiger partial charge in [0, 0.05) is 61.0 Å². The zero-order valence-electron chi connectivity index (χ0n) is 26.2. The van der Waals surface area contributed by atoms with E-state index in [1.165, 1.54) is 18.5 Å².